The molecular formula is C11H12ClN5OS. The van der Waals surface area contributed by atoms with E-state index < -0.39 is 0 Å². The molecule has 0 fully saturated rings. The van der Waals surface area contributed by atoms with Crippen LogP contribution < -0.4 is 16.6 Å². The highest BCUT2D eigenvalue weighted by Crippen LogP contribution is 2.15. The van der Waals surface area contributed by atoms with Crippen LogP contribution in [-0.2, 0) is 6.54 Å². The van der Waals surface area contributed by atoms with Crippen molar-refractivity contribution in [2.24, 2.45) is 5.84 Å². The largest absolute Gasteiger partial charge is 0.347 e. The highest BCUT2D eigenvalue weighted by atomic mass is 35.5. The summed E-state index contributed by atoms with van der Waals surface area (Å²) in [5.74, 6) is 5.34. The van der Waals surface area contributed by atoms with Crippen molar-refractivity contribution < 1.29 is 4.79 Å². The molecule has 100 valence electrons. The molecule has 0 saturated heterocycles. The summed E-state index contributed by atoms with van der Waals surface area (Å²) in [4.78, 5) is 21.0. The average Bonchev–Trinajstić information content (AvgIpc) is 2.81. The molecule has 2 aromatic rings. The first-order valence-electron chi connectivity index (χ1n) is 5.42. The predicted octanol–water partition coefficient (Wildman–Crippen LogP) is 1.72. The lowest BCUT2D eigenvalue weighted by molar-refractivity contribution is 0.0951. The smallest absolute Gasteiger partial charge is 0.251 e. The number of nitrogens with zero attached hydrogens (tertiary/aromatic N) is 2. The minimum Gasteiger partial charge on any atom is -0.347 e. The summed E-state index contributed by atoms with van der Waals surface area (Å²) in [7, 11) is 0. The molecule has 4 N–H and O–H groups in total. The normalized spacial score (nSPS) is 10.3. The Hall–Kier alpha value is -1.70. The summed E-state index contributed by atoms with van der Waals surface area (Å²) in [5, 5.41) is 3.95. The minimum atomic E-state index is -0.244. The number of pyridine rings is 1. The second-order valence-electron chi connectivity index (χ2n) is 3.74. The van der Waals surface area contributed by atoms with Crippen LogP contribution in [-0.4, -0.2) is 15.9 Å². The van der Waals surface area contributed by atoms with E-state index in [4.69, 9.17) is 17.4 Å². The first kappa shape index (κ1) is 13.7. The highest BCUT2D eigenvalue weighted by Gasteiger charge is 2.09. The maximum absolute atomic E-state index is 12.0. The van der Waals surface area contributed by atoms with Crippen molar-refractivity contribution in [1.82, 2.24) is 15.3 Å². The number of aryl methyl sites for hydroxylation is 1. The Bertz CT molecular complexity index is 601. The lowest BCUT2D eigenvalue weighted by Crippen LogP contribution is -2.23. The summed E-state index contributed by atoms with van der Waals surface area (Å²) in [6.07, 6.45) is 1.74. The first-order valence-corrected chi connectivity index (χ1v) is 6.61. The monoisotopic (exact) mass is 297 g/mol. The second-order valence-corrected chi connectivity index (χ2v) is 5.44. The van der Waals surface area contributed by atoms with Crippen LogP contribution in [0.3, 0.4) is 0 Å². The number of thiazole rings is 1. The topological polar surface area (TPSA) is 92.9 Å². The van der Waals surface area contributed by atoms with E-state index in [1.165, 1.54) is 23.5 Å². The van der Waals surface area contributed by atoms with Gasteiger partial charge < -0.3 is 10.7 Å². The number of carbonyl (C=O) groups is 1. The van der Waals surface area contributed by atoms with Crippen LogP contribution >= 0.6 is 22.9 Å². The van der Waals surface area contributed by atoms with Crippen LogP contribution in [0.5, 0.6) is 0 Å². The van der Waals surface area contributed by atoms with Gasteiger partial charge in [-0.2, -0.15) is 0 Å². The van der Waals surface area contributed by atoms with Crippen LogP contribution in [0.4, 0.5) is 5.82 Å². The molecule has 8 heteroatoms. The van der Waals surface area contributed by atoms with Gasteiger partial charge in [-0.25, -0.2) is 15.8 Å². The van der Waals surface area contributed by atoms with Crippen LogP contribution in [0.25, 0.3) is 0 Å². The molecule has 19 heavy (non-hydrogen) atoms. The van der Waals surface area contributed by atoms with Crippen molar-refractivity contribution >= 4 is 34.7 Å². The molecule has 6 nitrogen and oxygen atoms in total. The van der Waals surface area contributed by atoms with Gasteiger partial charge in [0.1, 0.15) is 11.0 Å². The first-order chi connectivity index (χ1) is 9.08. The molecule has 0 aromatic carbocycles. The zero-order valence-electron chi connectivity index (χ0n) is 10.1. The van der Waals surface area contributed by atoms with E-state index in [2.05, 4.69) is 20.7 Å². The quantitative estimate of drug-likeness (QED) is 0.454. The van der Waals surface area contributed by atoms with Crippen molar-refractivity contribution in [2.45, 2.75) is 13.5 Å². The van der Waals surface area contributed by atoms with Crippen molar-refractivity contribution in [3.05, 3.63) is 38.9 Å². The third-order valence-corrected chi connectivity index (χ3v) is 3.40. The molecule has 1 amide bonds. The van der Waals surface area contributed by atoms with Crippen molar-refractivity contribution in [2.75, 3.05) is 5.43 Å². The molecule has 0 radical (unpaired) electrons. The molecule has 2 aromatic heterocycles. The van der Waals surface area contributed by atoms with Gasteiger partial charge in [-0.05, 0) is 19.1 Å². The summed E-state index contributed by atoms with van der Waals surface area (Å²) in [6.45, 7) is 2.34. The van der Waals surface area contributed by atoms with Crippen LogP contribution in [0, 0.1) is 6.92 Å². The average molecular weight is 298 g/mol. The van der Waals surface area contributed by atoms with Crippen LogP contribution in [0.2, 0.25) is 5.15 Å². The molecule has 0 aliphatic carbocycles. The molecule has 2 heterocycles. The number of halogens is 1. The van der Waals surface area contributed by atoms with E-state index in [0.29, 0.717) is 17.9 Å². The van der Waals surface area contributed by atoms with Gasteiger partial charge in [-0.1, -0.05) is 11.6 Å². The fourth-order valence-electron chi connectivity index (χ4n) is 1.46. The number of anilines is 1. The Balaban J connectivity index is 2.05. The number of hydrogen-bond donors (Lipinski definition) is 3. The van der Waals surface area contributed by atoms with Gasteiger partial charge in [0.05, 0.1) is 11.6 Å². The van der Waals surface area contributed by atoms with Crippen LogP contribution in [0.15, 0.2) is 18.3 Å². The Labute approximate surface area is 119 Å². The van der Waals surface area contributed by atoms with E-state index in [-0.39, 0.29) is 11.1 Å². The standard InChI is InChI=1S/C11H12ClN5OS/c1-6-14-4-8(19-6)5-15-11(18)7-2-9(12)16-10(3-7)17-13/h2-4H,5,13H2,1H3,(H,15,18)(H,16,17). The summed E-state index contributed by atoms with van der Waals surface area (Å²) in [5.41, 5.74) is 2.75. The number of nitrogens with one attached hydrogen (secondary N) is 2. The minimum absolute atomic E-state index is 0.203. The molecule has 0 aliphatic rings. The van der Waals surface area contributed by atoms with Gasteiger partial charge in [-0.3, -0.25) is 4.79 Å². The number of carbonyl (C=O) groups excluding carboxylic acids is 1. The lowest BCUT2D eigenvalue weighted by atomic mass is 10.2. The van der Waals surface area contributed by atoms with Gasteiger partial charge in [0.25, 0.3) is 5.91 Å². The molecule has 0 aliphatic heterocycles. The van der Waals surface area contributed by atoms with Gasteiger partial charge >= 0.3 is 0 Å². The number of aromatic nitrogens is 2. The molecule has 0 bridgehead atoms. The third-order valence-electron chi connectivity index (χ3n) is 2.30. The Kier molecular flexibility index (Phi) is 4.31. The Morgan fingerprint density at radius 3 is 2.95 bits per heavy atom. The zero-order valence-corrected chi connectivity index (χ0v) is 11.7. The van der Waals surface area contributed by atoms with E-state index in [1.54, 1.807) is 6.20 Å². The molecule has 0 unspecified atom stereocenters. The number of hydrazine groups is 1. The van der Waals surface area contributed by atoms with Gasteiger partial charge in [0.15, 0.2) is 0 Å². The van der Waals surface area contributed by atoms with Crippen LogP contribution in [0.1, 0.15) is 20.2 Å². The molecule has 0 spiro atoms. The molecule has 0 atom stereocenters. The maximum Gasteiger partial charge on any atom is 0.251 e. The number of nitrogen functional groups attached to an aromatic ring is 1. The van der Waals surface area contributed by atoms with E-state index in [1.807, 2.05) is 6.92 Å². The molecular weight excluding hydrogens is 286 g/mol. The molecule has 0 saturated carbocycles. The zero-order chi connectivity index (χ0) is 13.8. The number of amides is 1. The summed E-state index contributed by atoms with van der Waals surface area (Å²) >= 11 is 7.34. The fourth-order valence-corrected chi connectivity index (χ4v) is 2.40. The van der Waals surface area contributed by atoms with Crippen molar-refractivity contribution in [3.8, 4) is 0 Å². The van der Waals surface area contributed by atoms with E-state index in [9.17, 15) is 4.79 Å². The van der Waals surface area contributed by atoms with E-state index in [0.717, 1.165) is 9.88 Å². The van der Waals surface area contributed by atoms with Gasteiger partial charge in [0.2, 0.25) is 0 Å². The maximum atomic E-state index is 12.0. The molecule has 2 rings (SSSR count). The fraction of sp³-hybridized carbons (Fsp3) is 0.182. The van der Waals surface area contributed by atoms with Crippen molar-refractivity contribution in [3.63, 3.8) is 0 Å². The lowest BCUT2D eigenvalue weighted by Gasteiger charge is -2.06. The Morgan fingerprint density at radius 1 is 1.53 bits per heavy atom. The number of nitrogens with two attached hydrogens (primary N) is 1. The van der Waals surface area contributed by atoms with Gasteiger partial charge in [-0.15, -0.1) is 11.3 Å². The predicted molar refractivity (Wildman–Crippen MR) is 75.1 cm³/mol. The second kappa shape index (κ2) is 5.96. The number of rotatable bonds is 4. The highest BCUT2D eigenvalue weighted by molar-refractivity contribution is 7.11. The summed E-state index contributed by atoms with van der Waals surface area (Å²) in [6, 6.07) is 3.01. The summed E-state index contributed by atoms with van der Waals surface area (Å²) < 4.78 is 0. The SMILES string of the molecule is Cc1ncc(CNC(=O)c2cc(Cl)nc(NN)c2)s1. The third kappa shape index (κ3) is 3.63. The van der Waals surface area contributed by atoms with E-state index >= 15 is 0 Å². The number of hydrogen-bond acceptors (Lipinski definition) is 6. The Morgan fingerprint density at radius 2 is 2.32 bits per heavy atom. The van der Waals surface area contributed by atoms with Crippen molar-refractivity contribution in [1.29, 1.82) is 0 Å². The van der Waals surface area contributed by atoms with Gasteiger partial charge in [0, 0.05) is 16.6 Å².